The van der Waals surface area contributed by atoms with Crippen molar-refractivity contribution in [2.75, 3.05) is 0 Å². The Balaban J connectivity index is 3.04. The van der Waals surface area contributed by atoms with Gasteiger partial charge in [-0.15, -0.1) is 6.42 Å². The first-order valence-corrected chi connectivity index (χ1v) is 4.09. The van der Waals surface area contributed by atoms with Crippen LogP contribution in [0.1, 0.15) is 22.3 Å². The number of halogens is 3. The summed E-state index contributed by atoms with van der Waals surface area (Å²) in [5.74, 6) is 1.61. The van der Waals surface area contributed by atoms with E-state index in [4.69, 9.17) is 6.42 Å². The molecule has 0 aliphatic carbocycles. The van der Waals surface area contributed by atoms with E-state index in [-0.39, 0.29) is 12.0 Å². The molecular weight excluding hydrogens is 205 g/mol. The Labute approximate surface area is 84.9 Å². The summed E-state index contributed by atoms with van der Waals surface area (Å²) < 4.78 is 36.8. The van der Waals surface area contributed by atoms with E-state index in [1.807, 2.05) is 0 Å². The minimum atomic E-state index is -4.44. The predicted molar refractivity (Wildman–Crippen MR) is 49.2 cm³/mol. The molecule has 1 nitrogen and oxygen atoms in total. The van der Waals surface area contributed by atoms with Crippen molar-refractivity contribution in [1.29, 1.82) is 0 Å². The van der Waals surface area contributed by atoms with Crippen LogP contribution < -0.4 is 0 Å². The summed E-state index contributed by atoms with van der Waals surface area (Å²) in [6, 6.07) is 4.22. The topological polar surface area (TPSA) is 17.1 Å². The molecule has 0 saturated heterocycles. The van der Waals surface area contributed by atoms with E-state index in [0.717, 1.165) is 12.1 Å². The molecule has 0 fully saturated rings. The predicted octanol–water partition coefficient (Wildman–Crippen LogP) is 2.91. The van der Waals surface area contributed by atoms with Gasteiger partial charge in [0.2, 0.25) is 0 Å². The van der Waals surface area contributed by atoms with Crippen LogP contribution in [0.4, 0.5) is 13.2 Å². The van der Waals surface area contributed by atoms with Gasteiger partial charge in [-0.1, -0.05) is 18.1 Å². The molecule has 0 N–H and O–H groups in total. The average molecular weight is 212 g/mol. The first kappa shape index (κ1) is 11.3. The van der Waals surface area contributed by atoms with Crippen molar-refractivity contribution in [3.63, 3.8) is 0 Å². The highest BCUT2D eigenvalue weighted by molar-refractivity contribution is 5.97. The summed E-state index contributed by atoms with van der Waals surface area (Å²) in [4.78, 5) is 11.2. The average Bonchev–Trinajstić information content (AvgIpc) is 2.17. The highest BCUT2D eigenvalue weighted by atomic mass is 19.4. The number of terminal acetylenes is 1. The third kappa shape index (κ3) is 2.84. The summed E-state index contributed by atoms with van der Waals surface area (Å²) in [7, 11) is 0. The molecule has 0 radical (unpaired) electrons. The molecule has 1 aromatic rings. The van der Waals surface area contributed by atoms with Gasteiger partial charge in [-0.05, 0) is 12.1 Å². The smallest absolute Gasteiger partial charge is 0.293 e. The first-order chi connectivity index (χ1) is 6.95. The van der Waals surface area contributed by atoms with Gasteiger partial charge >= 0.3 is 6.18 Å². The number of rotatable bonds is 2. The zero-order valence-electron chi connectivity index (χ0n) is 7.64. The summed E-state index contributed by atoms with van der Waals surface area (Å²) in [5.41, 5.74) is -0.854. The molecular formula is C11H7F3O. The van der Waals surface area contributed by atoms with Crippen molar-refractivity contribution < 1.29 is 18.0 Å². The number of benzene rings is 1. The van der Waals surface area contributed by atoms with E-state index in [9.17, 15) is 18.0 Å². The van der Waals surface area contributed by atoms with Gasteiger partial charge in [0.15, 0.2) is 5.78 Å². The van der Waals surface area contributed by atoms with E-state index in [1.165, 1.54) is 12.1 Å². The van der Waals surface area contributed by atoms with Crippen LogP contribution in [-0.4, -0.2) is 5.78 Å². The molecule has 78 valence electrons. The highest BCUT2D eigenvalue weighted by Gasteiger charge is 2.30. The molecule has 0 aliphatic rings. The molecule has 1 aromatic carbocycles. The van der Waals surface area contributed by atoms with Crippen LogP contribution in [0, 0.1) is 12.3 Å². The zero-order chi connectivity index (χ0) is 11.5. The Hall–Kier alpha value is -1.76. The maximum absolute atomic E-state index is 12.3. The van der Waals surface area contributed by atoms with Gasteiger partial charge in [-0.3, -0.25) is 4.79 Å². The summed E-state index contributed by atoms with van der Waals surface area (Å²) >= 11 is 0. The van der Waals surface area contributed by atoms with Gasteiger partial charge in [-0.2, -0.15) is 13.2 Å². The summed E-state index contributed by atoms with van der Waals surface area (Å²) in [6.07, 6.45) is 0.266. The molecule has 0 aliphatic heterocycles. The van der Waals surface area contributed by atoms with Crippen LogP contribution in [0.2, 0.25) is 0 Å². The van der Waals surface area contributed by atoms with Crippen LogP contribution in [0.3, 0.4) is 0 Å². The van der Waals surface area contributed by atoms with Crippen molar-refractivity contribution in [2.45, 2.75) is 12.6 Å². The molecule has 4 heteroatoms. The van der Waals surface area contributed by atoms with Gasteiger partial charge in [0.05, 0.1) is 12.0 Å². The lowest BCUT2D eigenvalue weighted by Gasteiger charge is -2.07. The number of hydrogen-bond donors (Lipinski definition) is 0. The fourth-order valence-corrected chi connectivity index (χ4v) is 1.06. The molecule has 0 unspecified atom stereocenters. The standard InChI is InChI=1S/C11H7F3O/c1-2-4-10(15)8-5-3-6-9(7-8)11(12,13)14/h1,3,5-7H,4H2. The van der Waals surface area contributed by atoms with Gasteiger partial charge < -0.3 is 0 Å². The van der Waals surface area contributed by atoms with Crippen molar-refractivity contribution in [3.05, 3.63) is 35.4 Å². The summed E-state index contributed by atoms with van der Waals surface area (Å²) in [5, 5.41) is 0. The largest absolute Gasteiger partial charge is 0.416 e. The Bertz CT molecular complexity index is 413. The lowest BCUT2D eigenvalue weighted by atomic mass is 10.1. The molecule has 0 bridgehead atoms. The number of carbonyl (C=O) groups excluding carboxylic acids is 1. The fraction of sp³-hybridized carbons (Fsp3) is 0.182. The van der Waals surface area contributed by atoms with Crippen molar-refractivity contribution >= 4 is 5.78 Å². The number of alkyl halides is 3. The minimum absolute atomic E-state index is 0.0113. The van der Waals surface area contributed by atoms with Gasteiger partial charge in [0.1, 0.15) is 0 Å². The van der Waals surface area contributed by atoms with E-state index in [1.54, 1.807) is 0 Å². The molecule has 0 amide bonds. The monoisotopic (exact) mass is 212 g/mol. The maximum Gasteiger partial charge on any atom is 0.416 e. The normalized spacial score (nSPS) is 10.8. The Morgan fingerprint density at radius 1 is 1.40 bits per heavy atom. The van der Waals surface area contributed by atoms with Crippen molar-refractivity contribution in [2.24, 2.45) is 0 Å². The Kier molecular flexibility index (Phi) is 3.15. The van der Waals surface area contributed by atoms with Crippen LogP contribution >= 0.6 is 0 Å². The second-order valence-electron chi connectivity index (χ2n) is 2.88. The number of carbonyl (C=O) groups is 1. The van der Waals surface area contributed by atoms with E-state index < -0.39 is 17.5 Å². The number of Topliss-reactive ketones (excluding diaryl/α,β-unsaturated/α-hetero) is 1. The van der Waals surface area contributed by atoms with E-state index in [2.05, 4.69) is 5.92 Å². The zero-order valence-corrected chi connectivity index (χ0v) is 7.64. The lowest BCUT2D eigenvalue weighted by Crippen LogP contribution is -2.07. The fourth-order valence-electron chi connectivity index (χ4n) is 1.06. The Morgan fingerprint density at radius 3 is 2.60 bits per heavy atom. The molecule has 1 rings (SSSR count). The number of hydrogen-bond acceptors (Lipinski definition) is 1. The quantitative estimate of drug-likeness (QED) is 0.544. The Morgan fingerprint density at radius 2 is 2.07 bits per heavy atom. The molecule has 15 heavy (non-hydrogen) atoms. The molecule has 0 saturated carbocycles. The maximum atomic E-state index is 12.3. The van der Waals surface area contributed by atoms with Gasteiger partial charge in [0.25, 0.3) is 0 Å². The minimum Gasteiger partial charge on any atom is -0.293 e. The molecule has 0 atom stereocenters. The van der Waals surface area contributed by atoms with Crippen LogP contribution in [-0.2, 0) is 6.18 Å². The second-order valence-corrected chi connectivity index (χ2v) is 2.88. The molecule has 0 aromatic heterocycles. The van der Waals surface area contributed by atoms with Crippen molar-refractivity contribution in [1.82, 2.24) is 0 Å². The summed E-state index contributed by atoms with van der Waals surface area (Å²) in [6.45, 7) is 0. The lowest BCUT2D eigenvalue weighted by molar-refractivity contribution is -0.137. The van der Waals surface area contributed by atoms with Crippen molar-refractivity contribution in [3.8, 4) is 12.3 Å². The SMILES string of the molecule is C#CCC(=O)c1cccc(C(F)(F)F)c1. The highest BCUT2D eigenvalue weighted by Crippen LogP contribution is 2.29. The molecule has 0 spiro atoms. The number of ketones is 1. The first-order valence-electron chi connectivity index (χ1n) is 4.09. The van der Waals surface area contributed by atoms with Crippen LogP contribution in [0.5, 0.6) is 0 Å². The van der Waals surface area contributed by atoms with E-state index >= 15 is 0 Å². The third-order valence-electron chi connectivity index (χ3n) is 1.77. The van der Waals surface area contributed by atoms with Crippen LogP contribution in [0.15, 0.2) is 24.3 Å². The van der Waals surface area contributed by atoms with E-state index in [0.29, 0.717) is 0 Å². The van der Waals surface area contributed by atoms with Gasteiger partial charge in [-0.25, -0.2) is 0 Å². The van der Waals surface area contributed by atoms with Gasteiger partial charge in [0, 0.05) is 5.56 Å². The second kappa shape index (κ2) is 4.18. The van der Waals surface area contributed by atoms with Crippen LogP contribution in [0.25, 0.3) is 0 Å². The molecule has 0 heterocycles. The third-order valence-corrected chi connectivity index (χ3v) is 1.77.